The molecule has 6 nitrogen and oxygen atoms in total. The van der Waals surface area contributed by atoms with Crippen molar-refractivity contribution in [3.05, 3.63) is 86.3 Å². The van der Waals surface area contributed by atoms with Crippen molar-refractivity contribution in [3.8, 4) is 5.75 Å². The molecule has 4 aromatic rings. The van der Waals surface area contributed by atoms with Crippen LogP contribution in [0.25, 0.3) is 21.3 Å². The van der Waals surface area contributed by atoms with Crippen LogP contribution in [0, 0.1) is 0 Å². The van der Waals surface area contributed by atoms with Crippen molar-refractivity contribution in [2.45, 2.75) is 19.3 Å². The number of halogens is 1. The molecule has 0 spiro atoms. The number of thiophene rings is 1. The topological polar surface area (TPSA) is 84.1 Å². The molecule has 0 unspecified atom stereocenters. The van der Waals surface area contributed by atoms with Gasteiger partial charge in [-0.3, -0.25) is 9.59 Å². The molecule has 0 aliphatic heterocycles. The lowest BCUT2D eigenvalue weighted by molar-refractivity contribution is 0.102. The summed E-state index contributed by atoms with van der Waals surface area (Å²) in [7, 11) is 1.58. The highest BCUT2D eigenvalue weighted by molar-refractivity contribution is 7.18. The quantitative estimate of drug-likeness (QED) is 0.399. The van der Waals surface area contributed by atoms with Crippen molar-refractivity contribution >= 4 is 55.9 Å². The van der Waals surface area contributed by atoms with Gasteiger partial charge in [0.15, 0.2) is 5.82 Å². The number of benzene rings is 2. The third kappa shape index (κ3) is 4.29. The van der Waals surface area contributed by atoms with E-state index in [9.17, 15) is 9.59 Å². The second kappa shape index (κ2) is 8.84. The second-order valence-corrected chi connectivity index (χ2v) is 9.24. The highest BCUT2D eigenvalue weighted by Gasteiger charge is 2.21. The average molecular weight is 478 g/mol. The van der Waals surface area contributed by atoms with Crippen LogP contribution in [0.3, 0.4) is 0 Å². The highest BCUT2D eigenvalue weighted by atomic mass is 35.5. The number of hydrogen-bond donors (Lipinski definition) is 2. The first-order chi connectivity index (χ1) is 16.0. The van der Waals surface area contributed by atoms with Crippen molar-refractivity contribution in [2.24, 2.45) is 0 Å². The largest absolute Gasteiger partial charge is 0.497 e. The van der Waals surface area contributed by atoms with E-state index >= 15 is 0 Å². The molecule has 2 aromatic heterocycles. The number of aromatic nitrogens is 2. The zero-order valence-electron chi connectivity index (χ0n) is 17.8. The third-order valence-electron chi connectivity index (χ3n) is 5.59. The first kappa shape index (κ1) is 21.4. The molecule has 0 atom stereocenters. The summed E-state index contributed by atoms with van der Waals surface area (Å²) >= 11 is 8.10. The maximum absolute atomic E-state index is 12.7. The van der Waals surface area contributed by atoms with Crippen molar-refractivity contribution < 1.29 is 9.53 Å². The van der Waals surface area contributed by atoms with Crippen molar-refractivity contribution in [2.75, 3.05) is 12.4 Å². The number of nitrogens with one attached hydrogen (secondary N) is 2. The molecular weight excluding hydrogens is 458 g/mol. The van der Waals surface area contributed by atoms with E-state index in [1.165, 1.54) is 4.88 Å². The Morgan fingerprint density at radius 2 is 2.03 bits per heavy atom. The van der Waals surface area contributed by atoms with E-state index in [1.54, 1.807) is 60.9 Å². The van der Waals surface area contributed by atoms with Crippen LogP contribution in [0.1, 0.15) is 38.6 Å². The Kier molecular flexibility index (Phi) is 5.74. The minimum Gasteiger partial charge on any atom is -0.497 e. The molecular formula is C25H20ClN3O3S. The monoisotopic (exact) mass is 477 g/mol. The van der Waals surface area contributed by atoms with Gasteiger partial charge in [0.25, 0.3) is 11.5 Å². The number of rotatable bonds is 5. The molecule has 166 valence electrons. The van der Waals surface area contributed by atoms with Gasteiger partial charge in [-0.15, -0.1) is 11.3 Å². The van der Waals surface area contributed by atoms with E-state index in [4.69, 9.17) is 16.3 Å². The number of anilines is 1. The van der Waals surface area contributed by atoms with Gasteiger partial charge < -0.3 is 15.0 Å². The molecule has 1 aliphatic rings. The molecule has 33 heavy (non-hydrogen) atoms. The van der Waals surface area contributed by atoms with Crippen LogP contribution in [0.4, 0.5) is 5.69 Å². The summed E-state index contributed by atoms with van der Waals surface area (Å²) in [5, 5.41) is 3.90. The standard InChI is InChI=1S/C25H20ClN3O3S/c1-32-17-10-8-15(9-11-17)23(30)27-16-5-2-4-14(12-16)13-19(26)22-28-24(31)21-18-6-3-7-20(18)33-25(21)29-22/h2,4-5,8-13H,3,6-7H2,1H3,(H,27,30)(H,28,29,31)/b19-13-. The first-order valence-electron chi connectivity index (χ1n) is 10.5. The van der Waals surface area contributed by atoms with E-state index < -0.39 is 0 Å². The summed E-state index contributed by atoms with van der Waals surface area (Å²) in [5.41, 5.74) is 2.90. The number of ether oxygens (including phenoxy) is 1. The lowest BCUT2D eigenvalue weighted by Crippen LogP contribution is -2.11. The van der Waals surface area contributed by atoms with Crippen LogP contribution in [0.5, 0.6) is 5.75 Å². The van der Waals surface area contributed by atoms with Gasteiger partial charge in [-0.05, 0) is 72.9 Å². The van der Waals surface area contributed by atoms with Gasteiger partial charge in [0, 0.05) is 16.1 Å². The number of amides is 1. The Morgan fingerprint density at radius 3 is 2.82 bits per heavy atom. The lowest BCUT2D eigenvalue weighted by Gasteiger charge is -2.07. The van der Waals surface area contributed by atoms with Crippen LogP contribution >= 0.6 is 22.9 Å². The molecule has 8 heteroatoms. The number of methoxy groups -OCH3 is 1. The predicted molar refractivity (Wildman–Crippen MR) is 133 cm³/mol. The van der Waals surface area contributed by atoms with Gasteiger partial charge in [-0.1, -0.05) is 23.7 Å². The SMILES string of the molecule is COc1ccc(C(=O)Nc2cccc(/C=C(\Cl)c3nc4sc5c(c4c(=O)[nH]3)CCC5)c2)cc1. The van der Waals surface area contributed by atoms with E-state index in [0.29, 0.717) is 33.2 Å². The van der Waals surface area contributed by atoms with Gasteiger partial charge in [-0.25, -0.2) is 4.98 Å². The lowest BCUT2D eigenvalue weighted by atomic mass is 10.1. The smallest absolute Gasteiger partial charge is 0.260 e. The predicted octanol–water partition coefficient (Wildman–Crippen LogP) is 5.47. The van der Waals surface area contributed by atoms with E-state index in [1.807, 2.05) is 12.1 Å². The fraction of sp³-hybridized carbons (Fsp3) is 0.160. The summed E-state index contributed by atoms with van der Waals surface area (Å²) in [5.74, 6) is 0.791. The van der Waals surface area contributed by atoms with E-state index in [2.05, 4.69) is 15.3 Å². The maximum atomic E-state index is 12.7. The van der Waals surface area contributed by atoms with Crippen molar-refractivity contribution in [3.63, 3.8) is 0 Å². The van der Waals surface area contributed by atoms with Gasteiger partial charge in [-0.2, -0.15) is 0 Å². The summed E-state index contributed by atoms with van der Waals surface area (Å²) in [6.45, 7) is 0. The van der Waals surface area contributed by atoms with E-state index in [0.717, 1.165) is 35.2 Å². The van der Waals surface area contributed by atoms with Crippen LogP contribution in [-0.4, -0.2) is 23.0 Å². The molecule has 0 fully saturated rings. The first-order valence-corrected chi connectivity index (χ1v) is 11.7. The Bertz CT molecular complexity index is 1450. The number of nitrogens with zero attached hydrogens (tertiary/aromatic N) is 1. The van der Waals surface area contributed by atoms with Crippen LogP contribution in [0.2, 0.25) is 0 Å². The third-order valence-corrected chi connectivity index (χ3v) is 7.07. The average Bonchev–Trinajstić information content (AvgIpc) is 3.40. The molecule has 0 radical (unpaired) electrons. The number of fused-ring (bicyclic) bond motifs is 3. The number of aromatic amines is 1. The molecule has 2 aromatic carbocycles. The Morgan fingerprint density at radius 1 is 1.21 bits per heavy atom. The summed E-state index contributed by atoms with van der Waals surface area (Å²) < 4.78 is 5.13. The van der Waals surface area contributed by atoms with Crippen LogP contribution < -0.4 is 15.6 Å². The Balaban J connectivity index is 1.38. The number of carbonyl (C=O) groups excluding carboxylic acids is 1. The molecule has 5 rings (SSSR count). The molecule has 0 saturated heterocycles. The molecule has 0 saturated carbocycles. The minimum absolute atomic E-state index is 0.151. The Labute approximate surface area is 198 Å². The number of carbonyl (C=O) groups is 1. The summed E-state index contributed by atoms with van der Waals surface area (Å²) in [4.78, 5) is 34.6. The van der Waals surface area contributed by atoms with Gasteiger partial charge in [0.1, 0.15) is 10.6 Å². The molecule has 1 aliphatic carbocycles. The zero-order valence-corrected chi connectivity index (χ0v) is 19.3. The zero-order chi connectivity index (χ0) is 22.9. The molecule has 1 amide bonds. The second-order valence-electron chi connectivity index (χ2n) is 7.75. The normalized spacial score (nSPS) is 13.2. The Hall–Kier alpha value is -3.42. The fourth-order valence-corrected chi connectivity index (χ4v) is 5.46. The van der Waals surface area contributed by atoms with Crippen molar-refractivity contribution in [1.29, 1.82) is 0 Å². The summed E-state index contributed by atoms with van der Waals surface area (Å²) in [6.07, 6.45) is 4.74. The molecule has 0 bridgehead atoms. The van der Waals surface area contributed by atoms with Crippen molar-refractivity contribution in [1.82, 2.24) is 9.97 Å². The van der Waals surface area contributed by atoms with Gasteiger partial charge in [0.05, 0.1) is 17.5 Å². The minimum atomic E-state index is -0.230. The number of H-pyrrole nitrogens is 1. The highest BCUT2D eigenvalue weighted by Crippen LogP contribution is 2.35. The van der Waals surface area contributed by atoms with Gasteiger partial charge >= 0.3 is 0 Å². The van der Waals surface area contributed by atoms with Crippen LogP contribution in [0.15, 0.2) is 53.3 Å². The molecule has 2 N–H and O–H groups in total. The fourth-order valence-electron chi connectivity index (χ4n) is 3.98. The van der Waals surface area contributed by atoms with Crippen LogP contribution in [-0.2, 0) is 12.8 Å². The number of aryl methyl sites for hydroxylation is 2. The number of hydrogen-bond acceptors (Lipinski definition) is 5. The molecule has 2 heterocycles. The summed E-state index contributed by atoms with van der Waals surface area (Å²) in [6, 6.07) is 14.2. The van der Waals surface area contributed by atoms with Gasteiger partial charge in [0.2, 0.25) is 0 Å². The maximum Gasteiger partial charge on any atom is 0.260 e. The van der Waals surface area contributed by atoms with E-state index in [-0.39, 0.29) is 11.5 Å².